The molecule has 0 aromatic heterocycles. The maximum atomic E-state index is 11.1. The second kappa shape index (κ2) is 8.43. The van der Waals surface area contributed by atoms with Crippen LogP contribution in [-0.4, -0.2) is 34.3 Å². The van der Waals surface area contributed by atoms with Gasteiger partial charge in [-0.1, -0.05) is 12.6 Å². The van der Waals surface area contributed by atoms with Gasteiger partial charge in [0.1, 0.15) is 0 Å². The molecule has 0 heterocycles. The Balaban J connectivity index is 4.46. The van der Waals surface area contributed by atoms with Crippen LogP contribution in [0, 0.1) is 0 Å². The molecule has 0 atom stereocenters. The Morgan fingerprint density at radius 1 is 1.00 bits per heavy atom. The first-order valence-corrected chi connectivity index (χ1v) is 6.80. The van der Waals surface area contributed by atoms with Crippen molar-refractivity contribution in [1.82, 2.24) is 0 Å². The normalized spacial score (nSPS) is 11.0. The van der Waals surface area contributed by atoms with Crippen LogP contribution < -0.4 is 0 Å². The molecule has 94 valence electrons. The van der Waals surface area contributed by atoms with Crippen LogP contribution in [0.5, 0.6) is 0 Å². The van der Waals surface area contributed by atoms with Gasteiger partial charge in [0, 0.05) is 6.42 Å². The lowest BCUT2D eigenvalue weighted by atomic mass is 10.3. The number of carbonyl (C=O) groups is 2. The average Bonchev–Trinajstić information content (AvgIpc) is 2.25. The van der Waals surface area contributed by atoms with Gasteiger partial charge in [-0.2, -0.15) is 37.9 Å². The van der Waals surface area contributed by atoms with Gasteiger partial charge in [-0.15, -0.1) is 0 Å². The molecule has 0 aliphatic rings. The molecule has 0 aliphatic carbocycles. The first-order chi connectivity index (χ1) is 7.47. The number of hydrogen-bond donors (Lipinski definition) is 4. The van der Waals surface area contributed by atoms with E-state index in [-0.39, 0.29) is 17.9 Å². The second-order valence-electron chi connectivity index (χ2n) is 2.80. The number of rotatable bonds is 7. The average molecular weight is 302 g/mol. The highest BCUT2D eigenvalue weighted by atomic mass is 32.1. The summed E-state index contributed by atoms with van der Waals surface area (Å²) in [5, 5.41) is -1.55. The van der Waals surface area contributed by atoms with Crippen LogP contribution in [0.3, 0.4) is 0 Å². The lowest BCUT2D eigenvalue weighted by Crippen LogP contribution is -2.36. The molecule has 8 heteroatoms. The Bertz CT molecular complexity index is 228. The largest absolute Gasteiger partial charge is 0.412 e. The van der Waals surface area contributed by atoms with E-state index in [9.17, 15) is 9.59 Å². The SMILES string of the molecule is O=C(CS)OC(S)(CCCS)OC(=O)CS. The Morgan fingerprint density at radius 2 is 1.44 bits per heavy atom. The van der Waals surface area contributed by atoms with Crippen molar-refractivity contribution in [3.05, 3.63) is 0 Å². The van der Waals surface area contributed by atoms with Gasteiger partial charge in [-0.25, -0.2) is 0 Å². The zero-order chi connectivity index (χ0) is 12.6. The van der Waals surface area contributed by atoms with Gasteiger partial charge >= 0.3 is 17.1 Å². The number of thiol groups is 4. The number of ether oxygens (including phenoxy) is 2. The highest BCUT2D eigenvalue weighted by Crippen LogP contribution is 2.25. The molecule has 0 unspecified atom stereocenters. The Labute approximate surface area is 116 Å². The monoisotopic (exact) mass is 302 g/mol. The molecule has 0 N–H and O–H groups in total. The molecule has 4 nitrogen and oxygen atoms in total. The highest BCUT2D eigenvalue weighted by Gasteiger charge is 2.33. The summed E-state index contributed by atoms with van der Waals surface area (Å²) in [5.74, 6) is -0.864. The van der Waals surface area contributed by atoms with E-state index in [0.717, 1.165) is 0 Å². The second-order valence-corrected chi connectivity index (χ2v) is 4.57. The predicted octanol–water partition coefficient (Wildman–Crippen LogP) is 1.23. The van der Waals surface area contributed by atoms with Crippen molar-refractivity contribution in [1.29, 1.82) is 0 Å². The van der Waals surface area contributed by atoms with Crippen molar-refractivity contribution in [3.8, 4) is 0 Å². The molecule has 0 aliphatic heterocycles. The molecular formula is C8H14O4S4. The minimum absolute atomic E-state index is 0.110. The minimum atomic E-state index is -1.55. The molecule has 0 aromatic rings. The number of hydrogen-bond acceptors (Lipinski definition) is 8. The first-order valence-electron chi connectivity index (χ1n) is 4.46. The molecule has 0 bridgehead atoms. The Hall–Kier alpha value is 0.340. The Kier molecular flexibility index (Phi) is 8.61. The van der Waals surface area contributed by atoms with E-state index >= 15 is 0 Å². The lowest BCUT2D eigenvalue weighted by molar-refractivity contribution is -0.194. The maximum absolute atomic E-state index is 11.1. The fraction of sp³-hybridized carbons (Fsp3) is 0.750. The Morgan fingerprint density at radius 3 is 1.75 bits per heavy atom. The topological polar surface area (TPSA) is 52.6 Å². The zero-order valence-electron chi connectivity index (χ0n) is 8.46. The van der Waals surface area contributed by atoms with Crippen LogP contribution in [0.4, 0.5) is 0 Å². The van der Waals surface area contributed by atoms with Gasteiger partial charge in [0.2, 0.25) is 0 Å². The quantitative estimate of drug-likeness (QED) is 0.325. The van der Waals surface area contributed by atoms with Crippen LogP contribution in [0.1, 0.15) is 12.8 Å². The molecule has 0 saturated heterocycles. The van der Waals surface area contributed by atoms with E-state index in [4.69, 9.17) is 9.47 Å². The fourth-order valence-electron chi connectivity index (χ4n) is 0.846. The van der Waals surface area contributed by atoms with E-state index in [1.165, 1.54) is 0 Å². The summed E-state index contributed by atoms with van der Waals surface area (Å²) in [6, 6.07) is 0. The van der Waals surface area contributed by atoms with Crippen LogP contribution >= 0.6 is 50.5 Å². The molecule has 0 rings (SSSR count). The summed E-state index contributed by atoms with van der Waals surface area (Å²) in [6.45, 7) is 0. The molecule has 0 aromatic carbocycles. The van der Waals surface area contributed by atoms with E-state index in [1.54, 1.807) is 0 Å². The van der Waals surface area contributed by atoms with Gasteiger partial charge in [0.15, 0.2) is 0 Å². The summed E-state index contributed by atoms with van der Waals surface area (Å²) in [4.78, 5) is 22.2. The van der Waals surface area contributed by atoms with Crippen molar-refractivity contribution in [2.24, 2.45) is 0 Å². The third kappa shape index (κ3) is 6.82. The van der Waals surface area contributed by atoms with Crippen molar-refractivity contribution in [3.63, 3.8) is 0 Å². The molecule has 0 saturated carbocycles. The van der Waals surface area contributed by atoms with Gasteiger partial charge in [0.25, 0.3) is 0 Å². The molecule has 16 heavy (non-hydrogen) atoms. The maximum Gasteiger partial charge on any atom is 0.319 e. The smallest absolute Gasteiger partial charge is 0.319 e. The minimum Gasteiger partial charge on any atom is -0.412 e. The van der Waals surface area contributed by atoms with Gasteiger partial charge < -0.3 is 9.47 Å². The third-order valence-corrected chi connectivity index (χ3v) is 2.69. The lowest BCUT2D eigenvalue weighted by Gasteiger charge is -2.27. The standard InChI is InChI=1S/C8H14O4S4/c9-6(4-14)11-8(16,2-1-3-13)12-7(10)5-15/h13-16H,1-5H2. The van der Waals surface area contributed by atoms with Gasteiger partial charge in [-0.3, -0.25) is 9.59 Å². The van der Waals surface area contributed by atoms with Crippen LogP contribution in [0.15, 0.2) is 0 Å². The third-order valence-electron chi connectivity index (χ3n) is 1.46. The van der Waals surface area contributed by atoms with Gasteiger partial charge in [-0.05, 0) is 12.2 Å². The van der Waals surface area contributed by atoms with Crippen molar-refractivity contribution in [2.45, 2.75) is 18.0 Å². The predicted molar refractivity (Wildman–Crippen MR) is 74.7 cm³/mol. The van der Waals surface area contributed by atoms with E-state index < -0.39 is 17.1 Å². The fourth-order valence-corrected chi connectivity index (χ4v) is 1.49. The molecule has 0 spiro atoms. The van der Waals surface area contributed by atoms with E-state index in [0.29, 0.717) is 12.2 Å². The molecular weight excluding hydrogens is 288 g/mol. The van der Waals surface area contributed by atoms with Crippen LogP contribution in [-0.2, 0) is 19.1 Å². The van der Waals surface area contributed by atoms with Crippen LogP contribution in [0.25, 0.3) is 0 Å². The van der Waals surface area contributed by atoms with Crippen molar-refractivity contribution in [2.75, 3.05) is 17.3 Å². The number of esters is 2. The molecule has 0 amide bonds. The summed E-state index contributed by atoms with van der Waals surface area (Å²) >= 11 is 15.6. The zero-order valence-corrected chi connectivity index (χ0v) is 12.0. The summed E-state index contributed by atoms with van der Waals surface area (Å²) in [6.07, 6.45) is 0.852. The van der Waals surface area contributed by atoms with E-state index in [2.05, 4.69) is 50.5 Å². The molecule has 0 radical (unpaired) electrons. The summed E-state index contributed by atoms with van der Waals surface area (Å²) in [7, 11) is 0. The summed E-state index contributed by atoms with van der Waals surface area (Å²) < 4.78 is 9.80. The van der Waals surface area contributed by atoms with Crippen molar-refractivity contribution < 1.29 is 19.1 Å². The van der Waals surface area contributed by atoms with E-state index in [1.807, 2.05) is 0 Å². The van der Waals surface area contributed by atoms with Gasteiger partial charge in [0.05, 0.1) is 11.5 Å². The highest BCUT2D eigenvalue weighted by molar-refractivity contribution is 7.82. The first kappa shape index (κ1) is 16.3. The molecule has 0 fully saturated rings. The number of carbonyl (C=O) groups excluding carboxylic acids is 2. The summed E-state index contributed by atoms with van der Waals surface area (Å²) in [5.41, 5.74) is 0. The van der Waals surface area contributed by atoms with Crippen molar-refractivity contribution >= 4 is 62.5 Å². The van der Waals surface area contributed by atoms with Crippen LogP contribution in [0.2, 0.25) is 0 Å².